The summed E-state index contributed by atoms with van der Waals surface area (Å²) in [6.07, 6.45) is 6.39. The highest BCUT2D eigenvalue weighted by Gasteiger charge is 2.48. The van der Waals surface area contributed by atoms with E-state index in [0.29, 0.717) is 22.3 Å². The number of fused-ring (bicyclic) bond motifs is 2. The minimum atomic E-state index is -1.02. The second-order valence-corrected chi connectivity index (χ2v) is 20.4. The molecule has 0 amide bonds. The summed E-state index contributed by atoms with van der Waals surface area (Å²) in [5.74, 6) is 2.65. The fraction of sp³-hybridized carbons (Fsp3) is 0.455. The quantitative estimate of drug-likeness (QED) is 0.202. The van der Waals surface area contributed by atoms with Crippen LogP contribution < -0.4 is 0 Å². The Bertz CT molecular complexity index is 1540. The van der Waals surface area contributed by atoms with Crippen LogP contribution in [0.5, 0.6) is 0 Å². The Hall–Kier alpha value is -2.77. The molecule has 0 aliphatic heterocycles. The first-order chi connectivity index (χ1) is 21.2. The molecule has 6 rings (SSSR count). The van der Waals surface area contributed by atoms with Gasteiger partial charge in [-0.25, -0.2) is 10.0 Å². The highest BCUT2D eigenvalue weighted by molar-refractivity contribution is 8.33. The Balaban J connectivity index is 1.41. The number of hydrogen-bond acceptors (Lipinski definition) is 0. The summed E-state index contributed by atoms with van der Waals surface area (Å²) in [7, 11) is -1.02. The van der Waals surface area contributed by atoms with E-state index in [4.69, 9.17) is 0 Å². The van der Waals surface area contributed by atoms with Gasteiger partial charge in [0.15, 0.2) is 0 Å². The van der Waals surface area contributed by atoms with Crippen LogP contribution in [0.25, 0.3) is 22.3 Å². The van der Waals surface area contributed by atoms with Gasteiger partial charge < -0.3 is 0 Å². The third-order valence-corrected chi connectivity index (χ3v) is 16.1. The molecule has 0 radical (unpaired) electrons. The van der Waals surface area contributed by atoms with Gasteiger partial charge in [-0.3, -0.25) is 0 Å². The van der Waals surface area contributed by atoms with E-state index in [1.807, 2.05) is 0 Å². The van der Waals surface area contributed by atoms with Gasteiger partial charge in [0.05, 0.1) is 0 Å². The van der Waals surface area contributed by atoms with E-state index in [2.05, 4.69) is 153 Å². The molecule has 2 aliphatic carbocycles. The van der Waals surface area contributed by atoms with Crippen molar-refractivity contribution in [2.75, 3.05) is 12.0 Å². The number of rotatable bonds is 6. The van der Waals surface area contributed by atoms with Crippen LogP contribution in [-0.4, -0.2) is 12.0 Å². The molecule has 4 atom stereocenters. The summed E-state index contributed by atoms with van der Waals surface area (Å²) in [5.41, 5.74) is 15.4. The van der Waals surface area contributed by atoms with E-state index in [9.17, 15) is 0 Å². The standard InChI is InChI=1S/C44H56S/c1-11-26-45(10,41-29(2)27-39-35(14-12-16-37(39)41)31-18-22-33(23-19-31)43(4,5)6)42-30(3)28-40-36(15-13-17-38(40)42)32-20-24-34(25-21-32)44(7,8)9/h12-25,29-30,41-42H,11,26-28H2,1-10H3. The van der Waals surface area contributed by atoms with Crippen LogP contribution in [0.2, 0.25) is 0 Å². The maximum absolute atomic E-state index is 2.75. The fourth-order valence-corrected chi connectivity index (χ4v) is 14.6. The van der Waals surface area contributed by atoms with Crippen molar-refractivity contribution in [2.45, 2.75) is 103 Å². The minimum absolute atomic E-state index is 0.173. The second-order valence-electron chi connectivity index (χ2n) is 16.5. The van der Waals surface area contributed by atoms with Crippen molar-refractivity contribution in [2.24, 2.45) is 11.8 Å². The van der Waals surface area contributed by atoms with E-state index in [-0.39, 0.29) is 10.8 Å². The third-order valence-electron chi connectivity index (χ3n) is 11.1. The van der Waals surface area contributed by atoms with Gasteiger partial charge in [0.25, 0.3) is 0 Å². The lowest BCUT2D eigenvalue weighted by Gasteiger charge is -2.51. The summed E-state index contributed by atoms with van der Waals surface area (Å²) in [4.78, 5) is 0. The van der Waals surface area contributed by atoms with Crippen molar-refractivity contribution in [3.05, 3.63) is 118 Å². The van der Waals surface area contributed by atoms with Crippen LogP contribution >= 0.6 is 10.0 Å². The molecule has 0 heterocycles. The fourth-order valence-electron chi connectivity index (χ4n) is 9.00. The molecule has 4 aromatic carbocycles. The molecule has 1 heteroatoms. The van der Waals surface area contributed by atoms with Crippen LogP contribution in [0.15, 0.2) is 84.9 Å². The Morgan fingerprint density at radius 1 is 0.578 bits per heavy atom. The molecule has 0 saturated heterocycles. The Kier molecular flexibility index (Phi) is 8.43. The van der Waals surface area contributed by atoms with E-state index < -0.39 is 10.0 Å². The maximum Gasteiger partial charge on any atom is 0.0174 e. The van der Waals surface area contributed by atoms with Crippen LogP contribution in [0.1, 0.15) is 113 Å². The minimum Gasteiger partial charge on any atom is -0.230 e. The van der Waals surface area contributed by atoms with Gasteiger partial charge in [-0.2, -0.15) is 0 Å². The number of benzene rings is 4. The monoisotopic (exact) mass is 616 g/mol. The van der Waals surface area contributed by atoms with Gasteiger partial charge in [-0.15, -0.1) is 0 Å². The molecule has 0 fully saturated rings. The maximum atomic E-state index is 2.75. The zero-order valence-electron chi connectivity index (χ0n) is 29.6. The summed E-state index contributed by atoms with van der Waals surface area (Å²) in [6.45, 7) is 21.4. The lowest BCUT2D eigenvalue weighted by atomic mass is 9.85. The summed E-state index contributed by atoms with van der Waals surface area (Å²) < 4.78 is 0. The predicted octanol–water partition coefficient (Wildman–Crippen LogP) is 12.6. The molecule has 0 nitrogen and oxygen atoms in total. The largest absolute Gasteiger partial charge is 0.230 e. The molecule has 4 unspecified atom stereocenters. The molecular weight excluding hydrogens is 561 g/mol. The van der Waals surface area contributed by atoms with Crippen molar-refractivity contribution in [3.63, 3.8) is 0 Å². The van der Waals surface area contributed by atoms with Gasteiger partial charge >= 0.3 is 0 Å². The van der Waals surface area contributed by atoms with E-state index in [1.54, 1.807) is 22.3 Å². The van der Waals surface area contributed by atoms with Crippen molar-refractivity contribution in [1.82, 2.24) is 0 Å². The average molecular weight is 617 g/mol. The van der Waals surface area contributed by atoms with Gasteiger partial charge in [0.1, 0.15) is 0 Å². The smallest absolute Gasteiger partial charge is 0.0174 e. The molecule has 0 saturated carbocycles. The molecule has 0 aromatic heterocycles. The predicted molar refractivity (Wildman–Crippen MR) is 201 cm³/mol. The first-order valence-corrected chi connectivity index (χ1v) is 19.8. The van der Waals surface area contributed by atoms with Crippen molar-refractivity contribution >= 4 is 10.0 Å². The lowest BCUT2D eigenvalue weighted by Crippen LogP contribution is -2.24. The van der Waals surface area contributed by atoms with Crippen LogP contribution in [0.4, 0.5) is 0 Å². The average Bonchev–Trinajstić information content (AvgIpc) is 3.52. The highest BCUT2D eigenvalue weighted by atomic mass is 32.3. The molecule has 2 aliphatic rings. The summed E-state index contributed by atoms with van der Waals surface area (Å²) >= 11 is 0. The molecule has 0 bridgehead atoms. The van der Waals surface area contributed by atoms with Crippen molar-refractivity contribution in [1.29, 1.82) is 0 Å². The zero-order valence-corrected chi connectivity index (χ0v) is 30.4. The Morgan fingerprint density at radius 3 is 1.29 bits per heavy atom. The third kappa shape index (κ3) is 5.73. The molecule has 0 spiro atoms. The molecule has 238 valence electrons. The van der Waals surface area contributed by atoms with Crippen LogP contribution in [-0.2, 0) is 23.7 Å². The highest BCUT2D eigenvalue weighted by Crippen LogP contribution is 2.75. The van der Waals surface area contributed by atoms with Gasteiger partial charge in [-0.05, 0) is 110 Å². The number of hydrogen-bond donors (Lipinski definition) is 0. The van der Waals surface area contributed by atoms with Crippen molar-refractivity contribution < 1.29 is 0 Å². The first-order valence-electron chi connectivity index (χ1n) is 17.4. The van der Waals surface area contributed by atoms with Gasteiger partial charge in [0.2, 0.25) is 0 Å². The van der Waals surface area contributed by atoms with E-state index >= 15 is 0 Å². The molecular formula is C44H56S. The molecule has 0 N–H and O–H groups in total. The van der Waals surface area contributed by atoms with Crippen LogP contribution in [0, 0.1) is 11.8 Å². The Morgan fingerprint density at radius 2 is 0.956 bits per heavy atom. The van der Waals surface area contributed by atoms with Crippen LogP contribution in [0.3, 0.4) is 0 Å². The molecule has 4 aromatic rings. The van der Waals surface area contributed by atoms with E-state index in [0.717, 1.165) is 0 Å². The lowest BCUT2D eigenvalue weighted by molar-refractivity contribution is 0.576. The Labute approximate surface area is 276 Å². The van der Waals surface area contributed by atoms with E-state index in [1.165, 1.54) is 58.4 Å². The summed E-state index contributed by atoms with van der Waals surface area (Å²) in [5, 5.41) is 1.27. The summed E-state index contributed by atoms with van der Waals surface area (Å²) in [6, 6.07) is 33.4. The zero-order chi connectivity index (χ0) is 32.3. The normalized spacial score (nSPS) is 23.3. The molecule has 45 heavy (non-hydrogen) atoms. The first kappa shape index (κ1) is 32.2. The SMILES string of the molecule is CCCS(C)(C1c2cccc(-c3ccc(C(C)(C)C)cc3)c2CC1C)C1c2cccc(-c3ccc(C(C)(C)C)cc3)c2CC1C. The van der Waals surface area contributed by atoms with Gasteiger partial charge in [0, 0.05) is 10.5 Å². The topological polar surface area (TPSA) is 0 Å². The second kappa shape index (κ2) is 11.8. The van der Waals surface area contributed by atoms with Gasteiger partial charge in [-0.1, -0.05) is 147 Å². The van der Waals surface area contributed by atoms with Crippen molar-refractivity contribution in [3.8, 4) is 22.3 Å².